The Morgan fingerprint density at radius 3 is 0.673 bits per heavy atom. The number of carbonyl (C=O) groups is 2. The van der Waals surface area contributed by atoms with Gasteiger partial charge in [0.2, 0.25) is 0 Å². The van der Waals surface area contributed by atoms with E-state index < -0.39 is 0 Å². The maximum absolute atomic E-state index is 11.4. The summed E-state index contributed by atoms with van der Waals surface area (Å²) in [6, 6.07) is 0. The van der Waals surface area contributed by atoms with Crippen molar-refractivity contribution in [2.24, 2.45) is 0 Å². The molecule has 49 heavy (non-hydrogen) atoms. The fraction of sp³-hybridized carbons (Fsp3) is 0.955. The number of hydrogen-bond donors (Lipinski definition) is 0. The molecule has 0 saturated carbocycles. The summed E-state index contributed by atoms with van der Waals surface area (Å²) >= 11 is 0. The van der Waals surface area contributed by atoms with Gasteiger partial charge in [0.05, 0.1) is 13.2 Å². The Hall–Kier alpha value is -0.261. The molecule has 0 N–H and O–H groups in total. The predicted octanol–water partition coefficient (Wildman–Crippen LogP) is 14.8. The second kappa shape index (κ2) is 49.8. The zero-order valence-electron chi connectivity index (χ0n) is 34.0. The minimum absolute atomic E-state index is 0. The van der Waals surface area contributed by atoms with Gasteiger partial charge in [0.15, 0.2) is 0 Å². The van der Waals surface area contributed by atoms with Crippen LogP contribution in [0.1, 0.15) is 259 Å². The number of carbonyl (C=O) groups excluding carboxylic acids is 2. The number of rotatable bonds is 38. The minimum atomic E-state index is -0.00172. The quantitative estimate of drug-likeness (QED) is 0.0355. The average Bonchev–Trinajstić information content (AvgIpc) is 3.08. The molecule has 0 aliphatic rings. The van der Waals surface area contributed by atoms with Gasteiger partial charge in [0.25, 0.3) is 0 Å². The van der Waals surface area contributed by atoms with Crippen LogP contribution in [-0.4, -0.2) is 49.1 Å². The predicted molar refractivity (Wildman–Crippen MR) is 217 cm³/mol. The fourth-order valence-electron chi connectivity index (χ4n) is 6.09. The van der Waals surface area contributed by atoms with Crippen LogP contribution in [0.2, 0.25) is 0 Å². The summed E-state index contributed by atoms with van der Waals surface area (Å²) in [6.45, 7) is 10.00. The molecule has 0 aromatic rings. The van der Waals surface area contributed by atoms with Crippen LogP contribution in [0.25, 0.3) is 0 Å². The Balaban J connectivity index is -0.000000846. The molecule has 0 heterocycles. The first-order valence-corrected chi connectivity index (χ1v) is 21.9. The molecule has 0 aliphatic heterocycles. The number of unbranched alkanes of at least 4 members (excludes halogenated alkanes) is 30. The molecule has 0 aliphatic carbocycles. The molecule has 0 atom stereocenters. The second-order valence-corrected chi connectivity index (χ2v) is 14.5. The van der Waals surface area contributed by atoms with Crippen LogP contribution in [-0.2, 0) is 19.1 Å². The van der Waals surface area contributed by atoms with Gasteiger partial charge < -0.3 is 9.47 Å². The second-order valence-electron chi connectivity index (χ2n) is 14.5. The molecule has 0 spiro atoms. The zero-order valence-corrected chi connectivity index (χ0v) is 36.9. The van der Waals surface area contributed by atoms with E-state index in [4.69, 9.17) is 9.47 Å². The van der Waals surface area contributed by atoms with Crippen LogP contribution in [0.15, 0.2) is 0 Å². The van der Waals surface area contributed by atoms with Crippen molar-refractivity contribution in [2.75, 3.05) is 13.2 Å². The molecule has 0 aromatic carbocycles. The third-order valence-electron chi connectivity index (χ3n) is 9.49. The maximum Gasteiger partial charge on any atom is 0.305 e. The van der Waals surface area contributed by atoms with E-state index in [-0.39, 0.29) is 35.8 Å². The van der Waals surface area contributed by atoms with Gasteiger partial charge in [0.1, 0.15) is 0 Å². The molecule has 4 nitrogen and oxygen atoms in total. The third kappa shape index (κ3) is 52.2. The van der Waals surface area contributed by atoms with Gasteiger partial charge in [-0.3, -0.25) is 9.59 Å². The van der Waals surface area contributed by atoms with Crippen LogP contribution >= 0.6 is 0 Å². The number of ether oxygens (including phenoxy) is 2. The van der Waals surface area contributed by atoms with E-state index in [9.17, 15) is 9.59 Å². The van der Waals surface area contributed by atoms with Crippen LogP contribution in [0.3, 0.4) is 0 Å². The van der Waals surface area contributed by atoms with E-state index >= 15 is 0 Å². The number of hydrogen-bond acceptors (Lipinski definition) is 4. The first kappa shape index (κ1) is 53.1. The summed E-state index contributed by atoms with van der Waals surface area (Å²) in [5, 5.41) is 0. The van der Waals surface area contributed by atoms with Crippen molar-refractivity contribution in [2.45, 2.75) is 259 Å². The molecule has 292 valence electrons. The van der Waals surface area contributed by atoms with E-state index in [1.54, 1.807) is 0 Å². The molecule has 0 amide bonds. The fourth-order valence-corrected chi connectivity index (χ4v) is 6.09. The summed E-state index contributed by atoms with van der Waals surface area (Å²) < 4.78 is 10.3. The van der Waals surface area contributed by atoms with Crippen molar-refractivity contribution in [1.29, 1.82) is 0 Å². The topological polar surface area (TPSA) is 52.6 Å². The van der Waals surface area contributed by atoms with Gasteiger partial charge >= 0.3 is 11.9 Å². The summed E-state index contributed by atoms with van der Waals surface area (Å²) in [4.78, 5) is 22.9. The Morgan fingerprint density at radius 2 is 0.469 bits per heavy atom. The normalized spacial score (nSPS) is 10.7. The SMILES string of the molecule is CCCCCCCCCCCCCCCCCC(=O)OCCCC.CCCCCCCCCCCCCCCCCC(=O)OCCCC.[Sn]. The summed E-state index contributed by atoms with van der Waals surface area (Å²) in [5.74, 6) is -0.00344. The van der Waals surface area contributed by atoms with Gasteiger partial charge in [0, 0.05) is 36.7 Å². The monoisotopic (exact) mass is 801 g/mol. The van der Waals surface area contributed by atoms with Crippen LogP contribution in [0.4, 0.5) is 0 Å². The van der Waals surface area contributed by atoms with Gasteiger partial charge in [-0.25, -0.2) is 0 Å². The van der Waals surface area contributed by atoms with Crippen LogP contribution in [0.5, 0.6) is 0 Å². The van der Waals surface area contributed by atoms with E-state index in [2.05, 4.69) is 27.7 Å². The molecule has 0 rings (SSSR count). The van der Waals surface area contributed by atoms with Crippen molar-refractivity contribution in [3.05, 3.63) is 0 Å². The van der Waals surface area contributed by atoms with Gasteiger partial charge in [-0.15, -0.1) is 0 Å². The Bertz CT molecular complexity index is 560. The summed E-state index contributed by atoms with van der Waals surface area (Å²) in [7, 11) is 0. The van der Waals surface area contributed by atoms with Crippen LogP contribution < -0.4 is 0 Å². The third-order valence-corrected chi connectivity index (χ3v) is 9.49. The summed E-state index contributed by atoms with van der Waals surface area (Å²) in [6.07, 6.45) is 46.2. The van der Waals surface area contributed by atoms with E-state index in [1.165, 1.54) is 180 Å². The van der Waals surface area contributed by atoms with E-state index in [0.29, 0.717) is 26.1 Å². The van der Waals surface area contributed by atoms with E-state index in [1.807, 2.05) is 0 Å². The molecule has 5 heteroatoms. The number of esters is 2. The maximum atomic E-state index is 11.4. The van der Waals surface area contributed by atoms with Crippen molar-refractivity contribution in [3.8, 4) is 0 Å². The Morgan fingerprint density at radius 1 is 0.286 bits per heavy atom. The standard InChI is InChI=1S/2C22H44O2.Sn/c2*1-3-5-7-8-9-10-11-12-13-14-15-16-17-18-19-20-22(23)24-21-6-4-2;/h2*3-21H2,1-2H3;. The van der Waals surface area contributed by atoms with Crippen molar-refractivity contribution < 1.29 is 19.1 Å². The average molecular weight is 800 g/mol. The Kier molecular flexibility index (Phi) is 54.0. The molecule has 0 fully saturated rings. The largest absolute Gasteiger partial charge is 0.466 e. The smallest absolute Gasteiger partial charge is 0.305 e. The molecular weight excluding hydrogens is 711 g/mol. The molecule has 4 radical (unpaired) electrons. The molecule has 0 bridgehead atoms. The van der Waals surface area contributed by atoms with Crippen molar-refractivity contribution in [1.82, 2.24) is 0 Å². The van der Waals surface area contributed by atoms with Crippen molar-refractivity contribution >= 4 is 35.8 Å². The summed E-state index contributed by atoms with van der Waals surface area (Å²) in [5.41, 5.74) is 0. The van der Waals surface area contributed by atoms with Gasteiger partial charge in [-0.1, -0.05) is 220 Å². The van der Waals surface area contributed by atoms with Gasteiger partial charge in [-0.2, -0.15) is 0 Å². The van der Waals surface area contributed by atoms with Crippen LogP contribution in [0, 0.1) is 0 Å². The molecule has 0 saturated heterocycles. The first-order chi connectivity index (χ1) is 23.6. The van der Waals surface area contributed by atoms with E-state index in [0.717, 1.165) is 38.5 Å². The van der Waals surface area contributed by atoms with Crippen molar-refractivity contribution in [3.63, 3.8) is 0 Å². The molecule has 0 unspecified atom stereocenters. The minimum Gasteiger partial charge on any atom is -0.466 e. The first-order valence-electron chi connectivity index (χ1n) is 21.9. The molecule has 0 aromatic heterocycles. The zero-order chi connectivity index (χ0) is 35.4. The molecular formula is C44H88O4Sn. The Labute approximate surface area is 325 Å². The van der Waals surface area contributed by atoms with Gasteiger partial charge in [-0.05, 0) is 25.7 Å².